The van der Waals surface area contributed by atoms with Gasteiger partial charge in [-0.15, -0.1) is 0 Å². The summed E-state index contributed by atoms with van der Waals surface area (Å²) in [5, 5.41) is 11.9. The SMILES string of the molecule is O=C(Nc1ccccc1Nc1ccccc1)c1ccc(C(C(=O)Nc2ccc3c(c2)OCCO3)C(=O)Nc2ccc3c(c2)OCCO3)cc1. The maximum atomic E-state index is 13.8. The Morgan fingerprint density at radius 1 is 0.490 bits per heavy atom. The lowest BCUT2D eigenvalue weighted by Crippen LogP contribution is -2.32. The van der Waals surface area contributed by atoms with Crippen LogP contribution in [0, 0.1) is 0 Å². The maximum absolute atomic E-state index is 13.8. The Labute approximate surface area is 282 Å². The van der Waals surface area contributed by atoms with E-state index in [2.05, 4.69) is 21.3 Å². The van der Waals surface area contributed by atoms with Gasteiger partial charge in [0.25, 0.3) is 5.91 Å². The van der Waals surface area contributed by atoms with E-state index in [1.807, 2.05) is 48.5 Å². The van der Waals surface area contributed by atoms with Crippen LogP contribution in [0.3, 0.4) is 0 Å². The van der Waals surface area contributed by atoms with E-state index >= 15 is 0 Å². The van der Waals surface area contributed by atoms with Crippen LogP contribution in [0.4, 0.5) is 28.4 Å². The van der Waals surface area contributed by atoms with E-state index in [-0.39, 0.29) is 5.91 Å². The van der Waals surface area contributed by atoms with Crippen LogP contribution < -0.4 is 40.2 Å². The molecule has 4 N–H and O–H groups in total. The van der Waals surface area contributed by atoms with Crippen molar-refractivity contribution in [3.8, 4) is 23.0 Å². The lowest BCUT2D eigenvalue weighted by Gasteiger charge is -2.21. The van der Waals surface area contributed by atoms with Gasteiger partial charge in [-0.3, -0.25) is 14.4 Å². The summed E-state index contributed by atoms with van der Waals surface area (Å²) >= 11 is 0. The third kappa shape index (κ3) is 7.25. The highest BCUT2D eigenvalue weighted by molar-refractivity contribution is 6.15. The van der Waals surface area contributed by atoms with E-state index in [1.165, 1.54) is 0 Å². The molecule has 0 radical (unpaired) electrons. The molecular formula is C38H32N4O7. The van der Waals surface area contributed by atoms with Crippen molar-refractivity contribution in [3.05, 3.63) is 126 Å². The highest BCUT2D eigenvalue weighted by atomic mass is 16.6. The molecule has 0 unspecified atom stereocenters. The van der Waals surface area contributed by atoms with Crippen LogP contribution in [0.5, 0.6) is 23.0 Å². The smallest absolute Gasteiger partial charge is 0.255 e. The second-order valence-electron chi connectivity index (χ2n) is 11.2. The van der Waals surface area contributed by atoms with Crippen LogP contribution in [0.1, 0.15) is 21.8 Å². The molecule has 3 amide bonds. The summed E-state index contributed by atoms with van der Waals surface area (Å²) in [7, 11) is 0. The van der Waals surface area contributed by atoms with Crippen molar-refractivity contribution < 1.29 is 33.3 Å². The zero-order valence-electron chi connectivity index (χ0n) is 26.2. The summed E-state index contributed by atoms with van der Waals surface area (Å²) in [6, 6.07) is 33.5. The van der Waals surface area contributed by atoms with Gasteiger partial charge >= 0.3 is 0 Å². The monoisotopic (exact) mass is 656 g/mol. The van der Waals surface area contributed by atoms with Gasteiger partial charge in [-0.1, -0.05) is 42.5 Å². The van der Waals surface area contributed by atoms with Gasteiger partial charge in [-0.25, -0.2) is 0 Å². The summed E-state index contributed by atoms with van der Waals surface area (Å²) in [5.74, 6) is -0.653. The van der Waals surface area contributed by atoms with Crippen molar-refractivity contribution in [2.45, 2.75) is 5.92 Å². The molecule has 11 nitrogen and oxygen atoms in total. The normalized spacial score (nSPS) is 12.8. The fourth-order valence-corrected chi connectivity index (χ4v) is 5.49. The summed E-state index contributed by atoms with van der Waals surface area (Å²) in [5.41, 5.74) is 3.80. The van der Waals surface area contributed by atoms with Crippen molar-refractivity contribution in [1.82, 2.24) is 0 Å². The number of carbonyl (C=O) groups excluding carboxylic acids is 3. The van der Waals surface area contributed by atoms with E-state index in [4.69, 9.17) is 18.9 Å². The van der Waals surface area contributed by atoms with Crippen molar-refractivity contribution >= 4 is 46.2 Å². The second-order valence-corrected chi connectivity index (χ2v) is 11.2. The highest BCUT2D eigenvalue weighted by Gasteiger charge is 2.30. The molecule has 7 rings (SSSR count). The van der Waals surface area contributed by atoms with E-state index in [0.717, 1.165) is 11.4 Å². The number of amides is 3. The number of fused-ring (bicyclic) bond motifs is 2. The van der Waals surface area contributed by atoms with Crippen LogP contribution in [0.15, 0.2) is 115 Å². The molecule has 0 aromatic heterocycles. The molecule has 0 bridgehead atoms. The first-order valence-corrected chi connectivity index (χ1v) is 15.7. The van der Waals surface area contributed by atoms with Gasteiger partial charge in [0, 0.05) is 34.8 Å². The molecule has 0 spiro atoms. The third-order valence-electron chi connectivity index (χ3n) is 7.88. The topological polar surface area (TPSA) is 136 Å². The molecular weight excluding hydrogens is 624 g/mol. The first kappa shape index (κ1) is 31.1. The predicted octanol–water partition coefficient (Wildman–Crippen LogP) is 6.59. The van der Waals surface area contributed by atoms with Crippen molar-refractivity contribution in [2.75, 3.05) is 47.7 Å². The number of carbonyl (C=O) groups is 3. The van der Waals surface area contributed by atoms with Crippen LogP contribution in [0.2, 0.25) is 0 Å². The van der Waals surface area contributed by atoms with Crippen molar-refractivity contribution in [3.63, 3.8) is 0 Å². The molecule has 2 aliphatic rings. The van der Waals surface area contributed by atoms with Crippen molar-refractivity contribution in [1.29, 1.82) is 0 Å². The Morgan fingerprint density at radius 2 is 1.00 bits per heavy atom. The maximum Gasteiger partial charge on any atom is 0.255 e. The van der Waals surface area contributed by atoms with E-state index in [9.17, 15) is 14.4 Å². The molecule has 0 saturated carbocycles. The van der Waals surface area contributed by atoms with Gasteiger partial charge in [0.15, 0.2) is 23.0 Å². The number of nitrogens with one attached hydrogen (secondary N) is 4. The predicted molar refractivity (Wildman–Crippen MR) is 185 cm³/mol. The number of benzene rings is 5. The minimum Gasteiger partial charge on any atom is -0.486 e. The van der Waals surface area contributed by atoms with Gasteiger partial charge in [-0.2, -0.15) is 0 Å². The van der Waals surface area contributed by atoms with E-state index in [0.29, 0.717) is 77.6 Å². The molecule has 0 aliphatic carbocycles. The summed E-state index contributed by atoms with van der Waals surface area (Å²) in [4.78, 5) is 41.0. The number of para-hydroxylation sites is 3. The van der Waals surface area contributed by atoms with Gasteiger partial charge < -0.3 is 40.2 Å². The van der Waals surface area contributed by atoms with E-state index < -0.39 is 17.7 Å². The first-order chi connectivity index (χ1) is 24.0. The minimum absolute atomic E-state index is 0.344. The molecule has 2 aliphatic heterocycles. The molecule has 49 heavy (non-hydrogen) atoms. The standard InChI is InChI=1S/C38H32N4O7/c43-36(42-30-9-5-4-8-29(30)39-26-6-2-1-3-7-26)25-12-10-24(11-13-25)35(37(44)40-27-14-16-31-33(22-27)48-20-18-46-31)38(45)41-28-15-17-32-34(23-28)49-21-19-47-32/h1-17,22-23,35,39H,18-21H2,(H,40,44)(H,41,45)(H,42,43). The summed E-state index contributed by atoms with van der Waals surface area (Å²) in [6.45, 7) is 1.65. The Kier molecular flexibility index (Phi) is 8.96. The average molecular weight is 657 g/mol. The quantitative estimate of drug-likeness (QED) is 0.131. The molecule has 5 aromatic carbocycles. The second kappa shape index (κ2) is 14.1. The Balaban J connectivity index is 1.12. The highest BCUT2D eigenvalue weighted by Crippen LogP contribution is 2.35. The molecule has 5 aromatic rings. The first-order valence-electron chi connectivity index (χ1n) is 15.7. The van der Waals surface area contributed by atoms with Crippen LogP contribution in [-0.4, -0.2) is 44.1 Å². The van der Waals surface area contributed by atoms with Crippen LogP contribution >= 0.6 is 0 Å². The lowest BCUT2D eigenvalue weighted by atomic mass is 9.95. The van der Waals surface area contributed by atoms with Crippen LogP contribution in [0.25, 0.3) is 0 Å². The van der Waals surface area contributed by atoms with Gasteiger partial charge in [0.1, 0.15) is 32.3 Å². The average Bonchev–Trinajstić information content (AvgIpc) is 3.13. The zero-order valence-corrected chi connectivity index (χ0v) is 26.2. The Hall–Kier alpha value is -6.49. The third-order valence-corrected chi connectivity index (χ3v) is 7.88. The Bertz CT molecular complexity index is 1930. The molecule has 2 heterocycles. The number of anilines is 5. The lowest BCUT2D eigenvalue weighted by molar-refractivity contribution is -0.126. The van der Waals surface area contributed by atoms with Gasteiger partial charge in [0.05, 0.1) is 11.4 Å². The Morgan fingerprint density at radius 3 is 1.57 bits per heavy atom. The molecule has 0 atom stereocenters. The van der Waals surface area contributed by atoms with Crippen LogP contribution in [-0.2, 0) is 9.59 Å². The zero-order chi connectivity index (χ0) is 33.6. The molecule has 11 heteroatoms. The van der Waals surface area contributed by atoms with E-state index in [1.54, 1.807) is 66.7 Å². The number of hydrogen-bond donors (Lipinski definition) is 4. The minimum atomic E-state index is -1.28. The molecule has 0 saturated heterocycles. The number of ether oxygens (including phenoxy) is 4. The number of hydrogen-bond acceptors (Lipinski definition) is 8. The molecule has 0 fully saturated rings. The summed E-state index contributed by atoms with van der Waals surface area (Å²) in [6.07, 6.45) is 0. The van der Waals surface area contributed by atoms with Gasteiger partial charge in [-0.05, 0) is 66.2 Å². The fourth-order valence-electron chi connectivity index (χ4n) is 5.49. The van der Waals surface area contributed by atoms with Gasteiger partial charge in [0.2, 0.25) is 11.8 Å². The number of rotatable bonds is 9. The fraction of sp³-hybridized carbons (Fsp3) is 0.132. The van der Waals surface area contributed by atoms with Crippen molar-refractivity contribution in [2.24, 2.45) is 0 Å². The largest absolute Gasteiger partial charge is 0.486 e. The summed E-state index contributed by atoms with van der Waals surface area (Å²) < 4.78 is 22.5. The molecule has 246 valence electrons.